The Morgan fingerprint density at radius 3 is 2.72 bits per heavy atom. The number of likely N-dealkylation sites (tertiary alicyclic amines) is 1. The van der Waals surface area contributed by atoms with Gasteiger partial charge in [-0.25, -0.2) is 0 Å². The molecule has 3 N–H and O–H groups in total. The van der Waals surface area contributed by atoms with Crippen LogP contribution >= 0.6 is 0 Å². The Labute approximate surface area is 111 Å². The fourth-order valence-electron chi connectivity index (χ4n) is 2.87. The molecule has 0 aliphatic carbocycles. The first kappa shape index (κ1) is 15.3. The third-order valence-electron chi connectivity index (χ3n) is 4.23. The maximum Gasteiger partial charge on any atom is 0.144 e. The van der Waals surface area contributed by atoms with E-state index in [1.807, 2.05) is 13.8 Å². The number of nitrogens with two attached hydrogens (primary N) is 1. The molecule has 4 nitrogen and oxygen atoms in total. The normalized spacial score (nSPS) is 22.9. The van der Waals surface area contributed by atoms with E-state index in [2.05, 4.69) is 23.9 Å². The molecule has 1 rings (SSSR count). The standard InChI is InChI=1S/C14H29N3O/c1-11(2)12-7-5-9-17(12)10-6-8-14(3,4)13(15)16-18/h11-12,18H,5-10H2,1-4H3,(H2,15,16). The van der Waals surface area contributed by atoms with Crippen molar-refractivity contribution in [3.63, 3.8) is 0 Å². The quantitative estimate of drug-likeness (QED) is 0.332. The van der Waals surface area contributed by atoms with Gasteiger partial charge in [-0.1, -0.05) is 32.9 Å². The number of amidine groups is 1. The molecule has 0 bridgehead atoms. The Balaban J connectivity index is 2.38. The molecule has 0 spiro atoms. The van der Waals surface area contributed by atoms with Crippen LogP contribution in [0, 0.1) is 11.3 Å². The predicted molar refractivity (Wildman–Crippen MR) is 75.9 cm³/mol. The Morgan fingerprint density at radius 1 is 1.50 bits per heavy atom. The van der Waals surface area contributed by atoms with E-state index < -0.39 is 0 Å². The Morgan fingerprint density at radius 2 is 2.17 bits per heavy atom. The van der Waals surface area contributed by atoms with Gasteiger partial charge in [-0.2, -0.15) is 0 Å². The van der Waals surface area contributed by atoms with E-state index >= 15 is 0 Å². The van der Waals surface area contributed by atoms with Crippen molar-refractivity contribution in [3.8, 4) is 0 Å². The first-order chi connectivity index (χ1) is 8.38. The smallest absolute Gasteiger partial charge is 0.144 e. The van der Waals surface area contributed by atoms with Crippen LogP contribution in [0.1, 0.15) is 53.4 Å². The highest BCUT2D eigenvalue weighted by Crippen LogP contribution is 2.26. The molecule has 0 aromatic rings. The van der Waals surface area contributed by atoms with Gasteiger partial charge in [-0.05, 0) is 44.7 Å². The van der Waals surface area contributed by atoms with Crippen molar-refractivity contribution in [3.05, 3.63) is 0 Å². The van der Waals surface area contributed by atoms with Crippen molar-refractivity contribution in [2.75, 3.05) is 13.1 Å². The lowest BCUT2D eigenvalue weighted by atomic mass is 9.86. The average molecular weight is 255 g/mol. The number of oxime groups is 1. The van der Waals surface area contributed by atoms with E-state index in [1.54, 1.807) is 0 Å². The third kappa shape index (κ3) is 3.87. The van der Waals surface area contributed by atoms with Gasteiger partial charge in [0.25, 0.3) is 0 Å². The summed E-state index contributed by atoms with van der Waals surface area (Å²) in [7, 11) is 0. The van der Waals surface area contributed by atoms with Crippen molar-refractivity contribution in [2.45, 2.75) is 59.4 Å². The van der Waals surface area contributed by atoms with Crippen LogP contribution < -0.4 is 5.73 Å². The highest BCUT2D eigenvalue weighted by atomic mass is 16.4. The molecule has 0 radical (unpaired) electrons. The summed E-state index contributed by atoms with van der Waals surface area (Å²) in [5.41, 5.74) is 5.50. The van der Waals surface area contributed by atoms with E-state index in [0.717, 1.165) is 31.3 Å². The van der Waals surface area contributed by atoms with Crippen molar-refractivity contribution in [1.82, 2.24) is 4.90 Å². The average Bonchev–Trinajstić information content (AvgIpc) is 2.76. The zero-order valence-corrected chi connectivity index (χ0v) is 12.3. The van der Waals surface area contributed by atoms with Gasteiger partial charge in [0, 0.05) is 11.5 Å². The largest absolute Gasteiger partial charge is 0.409 e. The molecule has 4 heteroatoms. The minimum atomic E-state index is -0.207. The monoisotopic (exact) mass is 255 g/mol. The van der Waals surface area contributed by atoms with Crippen molar-refractivity contribution in [2.24, 2.45) is 22.2 Å². The molecule has 0 saturated carbocycles. The summed E-state index contributed by atoms with van der Waals surface area (Å²) >= 11 is 0. The van der Waals surface area contributed by atoms with Crippen LogP contribution in [0.5, 0.6) is 0 Å². The van der Waals surface area contributed by atoms with Gasteiger partial charge in [0.05, 0.1) is 0 Å². The minimum Gasteiger partial charge on any atom is -0.409 e. The molecular weight excluding hydrogens is 226 g/mol. The molecule has 1 atom stereocenters. The lowest BCUT2D eigenvalue weighted by molar-refractivity contribution is 0.197. The first-order valence-corrected chi connectivity index (χ1v) is 7.10. The molecule has 106 valence electrons. The molecule has 1 fully saturated rings. The molecule has 0 amide bonds. The fourth-order valence-corrected chi connectivity index (χ4v) is 2.87. The number of hydrogen-bond acceptors (Lipinski definition) is 3. The van der Waals surface area contributed by atoms with Crippen LogP contribution in [-0.2, 0) is 0 Å². The summed E-state index contributed by atoms with van der Waals surface area (Å²) in [5.74, 6) is 1.08. The summed E-state index contributed by atoms with van der Waals surface area (Å²) in [4.78, 5) is 2.60. The zero-order valence-electron chi connectivity index (χ0n) is 12.3. The molecule has 1 aliphatic heterocycles. The van der Waals surface area contributed by atoms with Crippen LogP contribution in [0.3, 0.4) is 0 Å². The van der Waals surface area contributed by atoms with Gasteiger partial charge in [0.1, 0.15) is 5.84 Å². The zero-order chi connectivity index (χ0) is 13.8. The molecule has 0 aromatic heterocycles. The number of hydrogen-bond donors (Lipinski definition) is 2. The van der Waals surface area contributed by atoms with Crippen molar-refractivity contribution >= 4 is 5.84 Å². The van der Waals surface area contributed by atoms with Gasteiger partial charge >= 0.3 is 0 Å². The second-order valence-electron chi connectivity index (χ2n) is 6.46. The second-order valence-corrected chi connectivity index (χ2v) is 6.46. The Hall–Kier alpha value is -0.770. The van der Waals surface area contributed by atoms with E-state index in [4.69, 9.17) is 10.9 Å². The lowest BCUT2D eigenvalue weighted by Gasteiger charge is -2.29. The first-order valence-electron chi connectivity index (χ1n) is 7.10. The van der Waals surface area contributed by atoms with Crippen LogP contribution in [0.15, 0.2) is 5.16 Å². The van der Waals surface area contributed by atoms with Crippen LogP contribution in [0.4, 0.5) is 0 Å². The molecule has 1 unspecified atom stereocenters. The van der Waals surface area contributed by atoms with Gasteiger partial charge in [0.15, 0.2) is 0 Å². The predicted octanol–water partition coefficient (Wildman–Crippen LogP) is 2.66. The Bertz CT molecular complexity index is 287. The van der Waals surface area contributed by atoms with Gasteiger partial charge in [0.2, 0.25) is 0 Å². The summed E-state index contributed by atoms with van der Waals surface area (Å²) in [6.07, 6.45) is 4.73. The van der Waals surface area contributed by atoms with Gasteiger partial charge < -0.3 is 15.8 Å². The summed E-state index contributed by atoms with van der Waals surface area (Å²) in [5, 5.41) is 11.9. The van der Waals surface area contributed by atoms with E-state index in [1.165, 1.54) is 19.4 Å². The second kappa shape index (κ2) is 6.41. The Kier molecular flexibility index (Phi) is 5.45. The number of rotatable bonds is 6. The number of nitrogens with zero attached hydrogens (tertiary/aromatic N) is 2. The molecular formula is C14H29N3O. The van der Waals surface area contributed by atoms with Crippen molar-refractivity contribution < 1.29 is 5.21 Å². The highest BCUT2D eigenvalue weighted by molar-refractivity contribution is 5.85. The SMILES string of the molecule is CC(C)C1CCCN1CCCC(C)(C)/C(N)=N/O. The van der Waals surface area contributed by atoms with Crippen LogP contribution in [0.2, 0.25) is 0 Å². The summed E-state index contributed by atoms with van der Waals surface area (Å²) < 4.78 is 0. The lowest BCUT2D eigenvalue weighted by Crippen LogP contribution is -2.36. The minimum absolute atomic E-state index is 0.207. The molecule has 18 heavy (non-hydrogen) atoms. The molecule has 1 heterocycles. The summed E-state index contributed by atoms with van der Waals surface area (Å²) in [6, 6.07) is 0.747. The van der Waals surface area contributed by atoms with E-state index in [9.17, 15) is 0 Å². The maximum absolute atomic E-state index is 8.75. The van der Waals surface area contributed by atoms with Crippen LogP contribution in [-0.4, -0.2) is 35.1 Å². The molecule has 1 saturated heterocycles. The van der Waals surface area contributed by atoms with Gasteiger partial charge in [-0.3, -0.25) is 0 Å². The maximum atomic E-state index is 8.75. The molecule has 0 aromatic carbocycles. The third-order valence-corrected chi connectivity index (χ3v) is 4.23. The molecule has 1 aliphatic rings. The van der Waals surface area contributed by atoms with E-state index in [0.29, 0.717) is 5.84 Å². The van der Waals surface area contributed by atoms with Crippen LogP contribution in [0.25, 0.3) is 0 Å². The summed E-state index contributed by atoms with van der Waals surface area (Å²) in [6.45, 7) is 11.0. The van der Waals surface area contributed by atoms with Gasteiger partial charge in [-0.15, -0.1) is 0 Å². The topological polar surface area (TPSA) is 61.8 Å². The van der Waals surface area contributed by atoms with E-state index in [-0.39, 0.29) is 5.41 Å². The highest BCUT2D eigenvalue weighted by Gasteiger charge is 2.28. The fraction of sp³-hybridized carbons (Fsp3) is 0.929. The van der Waals surface area contributed by atoms with Crippen molar-refractivity contribution in [1.29, 1.82) is 0 Å².